The first-order chi connectivity index (χ1) is 6.70. The largest absolute Gasteiger partial charge is 0.417 e. The molecule has 0 aromatic carbocycles. The van der Waals surface area contributed by atoms with Crippen molar-refractivity contribution in [3.8, 4) is 0 Å². The Labute approximate surface area is 94.8 Å². The Balaban J connectivity index is 4.07. The van der Waals surface area contributed by atoms with Crippen LogP contribution in [0.25, 0.3) is 0 Å². The van der Waals surface area contributed by atoms with Crippen molar-refractivity contribution in [2.75, 3.05) is 6.61 Å². The molecular weight excluding hydrogens is 204 g/mol. The van der Waals surface area contributed by atoms with E-state index in [0.717, 1.165) is 24.9 Å². The van der Waals surface area contributed by atoms with Gasteiger partial charge in [-0.3, -0.25) is 4.79 Å². The molecular formula is C12H24O2Si. The summed E-state index contributed by atoms with van der Waals surface area (Å²) in [6.45, 7) is 13.9. The van der Waals surface area contributed by atoms with Gasteiger partial charge in [0.2, 0.25) is 0 Å². The minimum Gasteiger partial charge on any atom is -0.417 e. The van der Waals surface area contributed by atoms with Crippen molar-refractivity contribution in [1.82, 2.24) is 0 Å². The lowest BCUT2D eigenvalue weighted by Gasteiger charge is -2.36. The molecule has 0 bridgehead atoms. The molecule has 0 N–H and O–H groups in total. The summed E-state index contributed by atoms with van der Waals surface area (Å²) in [5, 5.41) is 0.259. The Morgan fingerprint density at radius 2 is 1.87 bits per heavy atom. The van der Waals surface area contributed by atoms with Crippen LogP contribution < -0.4 is 0 Å². The maximum Gasteiger partial charge on any atom is 0.191 e. The Bertz CT molecular complexity index is 236. The maximum absolute atomic E-state index is 10.2. The number of carbonyl (C=O) groups excluding carboxylic acids is 1. The lowest BCUT2D eigenvalue weighted by Crippen LogP contribution is -2.41. The summed E-state index contributed by atoms with van der Waals surface area (Å²) in [4.78, 5) is 10.2. The molecule has 3 heteroatoms. The summed E-state index contributed by atoms with van der Waals surface area (Å²) in [6, 6.07) is 0. The molecule has 0 aliphatic rings. The molecule has 0 rings (SSSR count). The van der Waals surface area contributed by atoms with Crippen LogP contribution in [-0.4, -0.2) is 21.2 Å². The van der Waals surface area contributed by atoms with Gasteiger partial charge in [-0.1, -0.05) is 26.3 Å². The predicted molar refractivity (Wildman–Crippen MR) is 67.6 cm³/mol. The summed E-state index contributed by atoms with van der Waals surface area (Å²) in [7, 11) is -1.61. The van der Waals surface area contributed by atoms with E-state index in [2.05, 4.69) is 33.9 Å². The molecule has 0 spiro atoms. The zero-order chi connectivity index (χ0) is 12.1. The Hall–Kier alpha value is -0.413. The van der Waals surface area contributed by atoms with Crippen LogP contribution in [0.1, 0.15) is 34.1 Å². The summed E-state index contributed by atoms with van der Waals surface area (Å²) < 4.78 is 5.99. The Morgan fingerprint density at radius 1 is 1.33 bits per heavy atom. The minimum atomic E-state index is -1.61. The highest BCUT2D eigenvalue weighted by Crippen LogP contribution is 2.36. The predicted octanol–water partition coefficient (Wildman–Crippen LogP) is 3.54. The number of allylic oxidation sites excluding steroid dienone is 1. The van der Waals surface area contributed by atoms with Crippen LogP contribution in [0.2, 0.25) is 18.1 Å². The van der Waals surface area contributed by atoms with Gasteiger partial charge in [-0.25, -0.2) is 0 Å². The third-order valence-corrected chi connectivity index (χ3v) is 7.66. The van der Waals surface area contributed by atoms with Crippen LogP contribution in [0.4, 0.5) is 0 Å². The average Bonchev–Trinajstić information content (AvgIpc) is 2.01. The molecule has 88 valence electrons. The van der Waals surface area contributed by atoms with E-state index in [4.69, 9.17) is 4.43 Å². The number of hydrogen-bond donors (Lipinski definition) is 0. The monoisotopic (exact) mass is 228 g/mol. The van der Waals surface area contributed by atoms with Gasteiger partial charge in [-0.2, -0.15) is 0 Å². The summed E-state index contributed by atoms with van der Waals surface area (Å²) in [6.07, 6.45) is 3.29. The van der Waals surface area contributed by atoms with Crippen molar-refractivity contribution in [2.45, 2.75) is 52.2 Å². The van der Waals surface area contributed by atoms with Crippen LogP contribution in [0.5, 0.6) is 0 Å². The van der Waals surface area contributed by atoms with Crippen molar-refractivity contribution in [3.05, 3.63) is 11.6 Å². The minimum absolute atomic E-state index is 0.259. The first-order valence-corrected chi connectivity index (χ1v) is 8.36. The third kappa shape index (κ3) is 5.28. The van der Waals surface area contributed by atoms with E-state index in [1.165, 1.54) is 0 Å². The number of carbonyl (C=O) groups is 1. The molecule has 0 fully saturated rings. The van der Waals surface area contributed by atoms with Gasteiger partial charge in [0, 0.05) is 6.61 Å². The molecule has 0 aromatic rings. The normalized spacial score (nSPS) is 14.1. The topological polar surface area (TPSA) is 26.3 Å². The van der Waals surface area contributed by atoms with Gasteiger partial charge < -0.3 is 4.43 Å². The van der Waals surface area contributed by atoms with E-state index >= 15 is 0 Å². The van der Waals surface area contributed by atoms with Gasteiger partial charge in [0.15, 0.2) is 8.32 Å². The van der Waals surface area contributed by atoms with Gasteiger partial charge in [-0.05, 0) is 37.6 Å². The maximum atomic E-state index is 10.2. The van der Waals surface area contributed by atoms with Crippen LogP contribution in [-0.2, 0) is 9.22 Å². The van der Waals surface area contributed by atoms with Crippen LogP contribution in [0.3, 0.4) is 0 Å². The highest BCUT2D eigenvalue weighted by Gasteiger charge is 2.36. The zero-order valence-corrected chi connectivity index (χ0v) is 11.9. The zero-order valence-electron chi connectivity index (χ0n) is 10.9. The van der Waals surface area contributed by atoms with Gasteiger partial charge in [-0.15, -0.1) is 0 Å². The second kappa shape index (κ2) is 5.61. The Morgan fingerprint density at radius 3 is 2.27 bits per heavy atom. The summed E-state index contributed by atoms with van der Waals surface area (Å²) in [5.74, 6) is 0. The fraction of sp³-hybridized carbons (Fsp3) is 0.750. The van der Waals surface area contributed by atoms with E-state index in [-0.39, 0.29) is 5.04 Å². The van der Waals surface area contributed by atoms with Crippen molar-refractivity contribution in [2.24, 2.45) is 0 Å². The van der Waals surface area contributed by atoms with Crippen molar-refractivity contribution < 1.29 is 9.22 Å². The second-order valence-electron chi connectivity index (χ2n) is 5.51. The summed E-state index contributed by atoms with van der Waals surface area (Å²) in [5.41, 5.74) is 1.09. The van der Waals surface area contributed by atoms with Gasteiger partial charge in [0.25, 0.3) is 0 Å². The van der Waals surface area contributed by atoms with Crippen LogP contribution in [0.15, 0.2) is 11.6 Å². The van der Waals surface area contributed by atoms with Crippen LogP contribution in [0, 0.1) is 0 Å². The van der Waals surface area contributed by atoms with E-state index in [1.807, 2.05) is 6.92 Å². The van der Waals surface area contributed by atoms with Crippen molar-refractivity contribution in [3.63, 3.8) is 0 Å². The molecule has 0 unspecified atom stereocenters. The third-order valence-electron chi connectivity index (χ3n) is 3.12. The summed E-state index contributed by atoms with van der Waals surface area (Å²) >= 11 is 0. The van der Waals surface area contributed by atoms with E-state index < -0.39 is 8.32 Å². The van der Waals surface area contributed by atoms with Crippen molar-refractivity contribution >= 4 is 14.6 Å². The van der Waals surface area contributed by atoms with Crippen molar-refractivity contribution in [1.29, 1.82) is 0 Å². The average molecular weight is 228 g/mol. The smallest absolute Gasteiger partial charge is 0.191 e. The molecule has 0 saturated carbocycles. The highest BCUT2D eigenvalue weighted by atomic mass is 28.4. The molecule has 0 amide bonds. The number of hydrogen-bond acceptors (Lipinski definition) is 2. The lowest BCUT2D eigenvalue weighted by molar-refractivity contribution is -0.104. The lowest BCUT2D eigenvalue weighted by atomic mass is 10.2. The molecule has 0 radical (unpaired) electrons. The van der Waals surface area contributed by atoms with Gasteiger partial charge in [0.05, 0.1) is 0 Å². The van der Waals surface area contributed by atoms with E-state index in [1.54, 1.807) is 6.08 Å². The fourth-order valence-electron chi connectivity index (χ4n) is 0.883. The molecule has 0 saturated heterocycles. The molecule has 0 aliphatic carbocycles. The Kier molecular flexibility index (Phi) is 5.46. The molecule has 2 nitrogen and oxygen atoms in total. The molecule has 0 aromatic heterocycles. The van der Waals surface area contributed by atoms with E-state index in [9.17, 15) is 4.79 Å². The molecule has 0 aliphatic heterocycles. The molecule has 0 heterocycles. The second-order valence-corrected chi connectivity index (χ2v) is 10.3. The number of rotatable bonds is 5. The molecule has 15 heavy (non-hydrogen) atoms. The van der Waals surface area contributed by atoms with Crippen LogP contribution >= 0.6 is 0 Å². The first kappa shape index (κ1) is 14.6. The quantitative estimate of drug-likeness (QED) is 0.409. The van der Waals surface area contributed by atoms with Gasteiger partial charge in [0.1, 0.15) is 6.29 Å². The van der Waals surface area contributed by atoms with Gasteiger partial charge >= 0.3 is 0 Å². The first-order valence-electron chi connectivity index (χ1n) is 5.45. The molecule has 0 atom stereocenters. The highest BCUT2D eigenvalue weighted by molar-refractivity contribution is 6.74. The fourth-order valence-corrected chi connectivity index (χ4v) is 1.93. The SMILES string of the molecule is C/C(=C\C=O)CCO[Si](C)(C)C(C)(C)C. The number of aldehydes is 1. The van der Waals surface area contributed by atoms with E-state index in [0.29, 0.717) is 0 Å². The standard InChI is InChI=1S/C12H24O2Si/c1-11(7-9-13)8-10-14-15(5,6)12(2,3)4/h7,9H,8,10H2,1-6H3/b11-7+.